The number of carbonyl (C=O) groups is 1. The van der Waals surface area contributed by atoms with Gasteiger partial charge in [-0.1, -0.05) is 58.4 Å². The third-order valence-corrected chi connectivity index (χ3v) is 3.66. The van der Waals surface area contributed by atoms with Crippen LogP contribution in [-0.2, 0) is 17.6 Å². The lowest BCUT2D eigenvalue weighted by atomic mass is 10.1. The van der Waals surface area contributed by atoms with E-state index in [0.29, 0.717) is 12.8 Å². The number of amides is 1. The van der Waals surface area contributed by atoms with Gasteiger partial charge in [-0.3, -0.25) is 4.79 Å². The summed E-state index contributed by atoms with van der Waals surface area (Å²) in [5, 5.41) is 12.3. The van der Waals surface area contributed by atoms with Crippen LogP contribution in [0.15, 0.2) is 59.1 Å². The van der Waals surface area contributed by atoms with E-state index in [2.05, 4.69) is 21.2 Å². The Labute approximate surface area is 133 Å². The highest BCUT2D eigenvalue weighted by Crippen LogP contribution is 2.12. The molecule has 0 aliphatic rings. The Morgan fingerprint density at radius 2 is 1.81 bits per heavy atom. The van der Waals surface area contributed by atoms with Crippen molar-refractivity contribution in [3.63, 3.8) is 0 Å². The maximum Gasteiger partial charge on any atom is 0.224 e. The third-order valence-electron chi connectivity index (χ3n) is 3.16. The van der Waals surface area contributed by atoms with Crippen LogP contribution in [0.5, 0.6) is 0 Å². The van der Waals surface area contributed by atoms with Crippen molar-refractivity contribution in [3.05, 3.63) is 70.2 Å². The summed E-state index contributed by atoms with van der Waals surface area (Å²) >= 11 is 3.39. The summed E-state index contributed by atoms with van der Waals surface area (Å²) in [6, 6.07) is 17.2. The summed E-state index contributed by atoms with van der Waals surface area (Å²) in [5.74, 6) is -0.0805. The molecule has 0 aliphatic carbocycles. The molecule has 1 amide bonds. The first-order valence-corrected chi connectivity index (χ1v) is 7.65. The van der Waals surface area contributed by atoms with Crippen LogP contribution in [0.2, 0.25) is 0 Å². The first-order valence-electron chi connectivity index (χ1n) is 6.86. The molecule has 110 valence electrons. The SMILES string of the molecule is O=C(Cc1cccc(Br)c1)NC(CO)Cc1ccccc1. The van der Waals surface area contributed by atoms with E-state index in [-0.39, 0.29) is 18.6 Å². The second-order valence-electron chi connectivity index (χ2n) is 4.94. The largest absolute Gasteiger partial charge is 0.394 e. The van der Waals surface area contributed by atoms with Gasteiger partial charge in [-0.2, -0.15) is 0 Å². The Kier molecular flexibility index (Phi) is 5.96. The molecule has 21 heavy (non-hydrogen) atoms. The zero-order chi connectivity index (χ0) is 15.1. The standard InChI is InChI=1S/C17H18BrNO2/c18-15-8-4-7-14(9-15)11-17(21)19-16(12-20)10-13-5-2-1-3-6-13/h1-9,16,20H,10-12H2,(H,19,21). The number of hydrogen-bond donors (Lipinski definition) is 2. The molecule has 0 saturated heterocycles. The van der Waals surface area contributed by atoms with Crippen molar-refractivity contribution in [2.45, 2.75) is 18.9 Å². The van der Waals surface area contributed by atoms with Crippen molar-refractivity contribution in [1.82, 2.24) is 5.32 Å². The summed E-state index contributed by atoms with van der Waals surface area (Å²) in [4.78, 5) is 12.0. The van der Waals surface area contributed by atoms with E-state index in [4.69, 9.17) is 0 Å². The Morgan fingerprint density at radius 1 is 1.10 bits per heavy atom. The maximum absolute atomic E-state index is 12.0. The Balaban J connectivity index is 1.90. The molecule has 0 saturated carbocycles. The van der Waals surface area contributed by atoms with Crippen LogP contribution in [0, 0.1) is 0 Å². The van der Waals surface area contributed by atoms with Gasteiger partial charge in [-0.05, 0) is 29.7 Å². The van der Waals surface area contributed by atoms with Crippen molar-refractivity contribution in [2.75, 3.05) is 6.61 Å². The number of aliphatic hydroxyl groups excluding tert-OH is 1. The minimum atomic E-state index is -0.257. The molecule has 0 aliphatic heterocycles. The zero-order valence-electron chi connectivity index (χ0n) is 11.6. The maximum atomic E-state index is 12.0. The molecular formula is C17H18BrNO2. The molecule has 0 aromatic heterocycles. The van der Waals surface area contributed by atoms with Gasteiger partial charge in [-0.15, -0.1) is 0 Å². The monoisotopic (exact) mass is 347 g/mol. The molecule has 4 heteroatoms. The minimum Gasteiger partial charge on any atom is -0.394 e. The van der Waals surface area contributed by atoms with Crippen LogP contribution >= 0.6 is 15.9 Å². The van der Waals surface area contributed by atoms with Gasteiger partial charge in [-0.25, -0.2) is 0 Å². The number of nitrogens with one attached hydrogen (secondary N) is 1. The highest BCUT2D eigenvalue weighted by molar-refractivity contribution is 9.10. The molecule has 0 radical (unpaired) electrons. The van der Waals surface area contributed by atoms with E-state index < -0.39 is 0 Å². The number of hydrogen-bond acceptors (Lipinski definition) is 2. The molecule has 0 bridgehead atoms. The first-order chi connectivity index (χ1) is 10.2. The van der Waals surface area contributed by atoms with E-state index >= 15 is 0 Å². The normalized spacial score (nSPS) is 11.9. The van der Waals surface area contributed by atoms with E-state index in [1.807, 2.05) is 54.6 Å². The van der Waals surface area contributed by atoms with Crippen LogP contribution in [-0.4, -0.2) is 23.7 Å². The average molecular weight is 348 g/mol. The molecule has 0 spiro atoms. The Hall–Kier alpha value is -1.65. The van der Waals surface area contributed by atoms with Crippen LogP contribution < -0.4 is 5.32 Å². The van der Waals surface area contributed by atoms with Crippen molar-refractivity contribution in [1.29, 1.82) is 0 Å². The van der Waals surface area contributed by atoms with Gasteiger partial charge < -0.3 is 10.4 Å². The van der Waals surface area contributed by atoms with E-state index in [1.54, 1.807) is 0 Å². The number of carbonyl (C=O) groups excluding carboxylic acids is 1. The smallest absolute Gasteiger partial charge is 0.224 e. The number of aliphatic hydroxyl groups is 1. The highest BCUT2D eigenvalue weighted by Gasteiger charge is 2.12. The van der Waals surface area contributed by atoms with Gasteiger partial charge in [0.05, 0.1) is 19.1 Å². The minimum absolute atomic E-state index is 0.0703. The quantitative estimate of drug-likeness (QED) is 0.843. The predicted octanol–water partition coefficient (Wildman–Crippen LogP) is 2.71. The summed E-state index contributed by atoms with van der Waals surface area (Å²) in [7, 11) is 0. The van der Waals surface area contributed by atoms with Gasteiger partial charge in [0, 0.05) is 4.47 Å². The van der Waals surface area contributed by atoms with Gasteiger partial charge in [0.25, 0.3) is 0 Å². The molecule has 1 atom stereocenters. The number of benzene rings is 2. The van der Waals surface area contributed by atoms with E-state index in [9.17, 15) is 9.90 Å². The molecular weight excluding hydrogens is 330 g/mol. The Bertz CT molecular complexity index is 586. The summed E-state index contributed by atoms with van der Waals surface area (Å²) in [5.41, 5.74) is 2.04. The van der Waals surface area contributed by atoms with Crippen LogP contribution in [0.1, 0.15) is 11.1 Å². The van der Waals surface area contributed by atoms with E-state index in [0.717, 1.165) is 15.6 Å². The lowest BCUT2D eigenvalue weighted by Crippen LogP contribution is -2.39. The van der Waals surface area contributed by atoms with Crippen LogP contribution in [0.3, 0.4) is 0 Å². The molecule has 0 fully saturated rings. The second-order valence-corrected chi connectivity index (χ2v) is 5.86. The topological polar surface area (TPSA) is 49.3 Å². The first kappa shape index (κ1) is 15.7. The summed E-state index contributed by atoms with van der Waals surface area (Å²) < 4.78 is 0.954. The number of halogens is 1. The molecule has 2 N–H and O–H groups in total. The molecule has 2 aromatic carbocycles. The van der Waals surface area contributed by atoms with Crippen molar-refractivity contribution in [2.24, 2.45) is 0 Å². The van der Waals surface area contributed by atoms with Gasteiger partial charge in [0.2, 0.25) is 5.91 Å². The fourth-order valence-corrected chi connectivity index (χ4v) is 2.62. The van der Waals surface area contributed by atoms with Crippen molar-refractivity contribution < 1.29 is 9.90 Å². The van der Waals surface area contributed by atoms with Crippen LogP contribution in [0.25, 0.3) is 0 Å². The highest BCUT2D eigenvalue weighted by atomic mass is 79.9. The van der Waals surface area contributed by atoms with Gasteiger partial charge >= 0.3 is 0 Å². The van der Waals surface area contributed by atoms with Gasteiger partial charge in [0.15, 0.2) is 0 Å². The summed E-state index contributed by atoms with van der Waals surface area (Å²) in [6.45, 7) is -0.0703. The lowest BCUT2D eigenvalue weighted by molar-refractivity contribution is -0.121. The molecule has 2 aromatic rings. The fourth-order valence-electron chi connectivity index (χ4n) is 2.17. The fraction of sp³-hybridized carbons (Fsp3) is 0.235. The average Bonchev–Trinajstić information content (AvgIpc) is 2.47. The van der Waals surface area contributed by atoms with Crippen LogP contribution in [0.4, 0.5) is 0 Å². The van der Waals surface area contributed by atoms with Gasteiger partial charge in [0.1, 0.15) is 0 Å². The van der Waals surface area contributed by atoms with Crippen molar-refractivity contribution >= 4 is 21.8 Å². The second kappa shape index (κ2) is 7.96. The third kappa shape index (κ3) is 5.33. The summed E-state index contributed by atoms with van der Waals surface area (Å²) in [6.07, 6.45) is 0.937. The predicted molar refractivity (Wildman–Crippen MR) is 87.0 cm³/mol. The molecule has 1 unspecified atom stereocenters. The lowest BCUT2D eigenvalue weighted by Gasteiger charge is -2.16. The molecule has 0 heterocycles. The number of rotatable bonds is 6. The van der Waals surface area contributed by atoms with Crippen molar-refractivity contribution in [3.8, 4) is 0 Å². The molecule has 3 nitrogen and oxygen atoms in total. The Morgan fingerprint density at radius 3 is 2.48 bits per heavy atom. The van der Waals surface area contributed by atoms with E-state index in [1.165, 1.54) is 0 Å². The molecule has 2 rings (SSSR count). The zero-order valence-corrected chi connectivity index (χ0v) is 13.2.